The second-order valence-electron chi connectivity index (χ2n) is 6.08. The maximum Gasteiger partial charge on any atom is 0.269 e. The largest absolute Gasteiger partial charge is 0.488 e. The zero-order valence-corrected chi connectivity index (χ0v) is 16.9. The normalized spacial score (nSPS) is 10.9. The summed E-state index contributed by atoms with van der Waals surface area (Å²) in [6.45, 7) is 0.462. The van der Waals surface area contributed by atoms with E-state index in [-0.39, 0.29) is 0 Å². The smallest absolute Gasteiger partial charge is 0.269 e. The Balaban J connectivity index is 1.48. The number of ether oxygens (including phenoxy) is 1. The second-order valence-corrected chi connectivity index (χ2v) is 7.00. The third-order valence-electron chi connectivity index (χ3n) is 4.02. The summed E-state index contributed by atoms with van der Waals surface area (Å²) < 4.78 is 7.01. The molecule has 0 aliphatic rings. The molecular weight excluding hydrogens is 432 g/mol. The molecule has 1 heterocycles. The molecule has 0 aliphatic heterocycles. The molecule has 8 heteroatoms. The van der Waals surface area contributed by atoms with Gasteiger partial charge in [0.1, 0.15) is 12.4 Å². The van der Waals surface area contributed by atoms with Gasteiger partial charge < -0.3 is 10.1 Å². The third kappa shape index (κ3) is 5.05. The van der Waals surface area contributed by atoms with Crippen molar-refractivity contribution in [2.24, 2.45) is 5.10 Å². The second kappa shape index (κ2) is 9.11. The number of aromatic nitrogens is 4. The van der Waals surface area contributed by atoms with E-state index in [9.17, 15) is 0 Å². The molecule has 1 aromatic heterocycles. The van der Waals surface area contributed by atoms with Crippen molar-refractivity contribution in [1.82, 2.24) is 20.3 Å². The number of nitrogens with one attached hydrogen (secondary N) is 1. The van der Waals surface area contributed by atoms with E-state index < -0.39 is 0 Å². The molecule has 0 atom stereocenters. The maximum atomic E-state index is 5.98. The van der Waals surface area contributed by atoms with Gasteiger partial charge in [0.15, 0.2) is 0 Å². The van der Waals surface area contributed by atoms with Crippen molar-refractivity contribution in [1.29, 1.82) is 0 Å². The van der Waals surface area contributed by atoms with Gasteiger partial charge in [0.05, 0.1) is 6.21 Å². The number of halogens is 1. The Morgan fingerprint density at radius 3 is 2.55 bits per heavy atom. The van der Waals surface area contributed by atoms with Crippen LogP contribution in [0.1, 0.15) is 11.1 Å². The number of hydrogen-bond acceptors (Lipinski definition) is 6. The minimum Gasteiger partial charge on any atom is -0.488 e. The lowest BCUT2D eigenvalue weighted by molar-refractivity contribution is 0.306. The van der Waals surface area contributed by atoms with E-state index >= 15 is 0 Å². The molecule has 1 N–H and O–H groups in total. The Bertz CT molecular complexity index is 1100. The van der Waals surface area contributed by atoms with Crippen LogP contribution < -0.4 is 10.1 Å². The highest BCUT2D eigenvalue weighted by Gasteiger charge is 2.06. The molecule has 144 valence electrons. The fraction of sp³-hybridized carbons (Fsp3) is 0.0476. The first-order valence-corrected chi connectivity index (χ1v) is 9.68. The van der Waals surface area contributed by atoms with Crippen LogP contribution in [-0.4, -0.2) is 26.5 Å². The van der Waals surface area contributed by atoms with Crippen LogP contribution in [-0.2, 0) is 6.61 Å². The molecule has 0 bridgehead atoms. The lowest BCUT2D eigenvalue weighted by Gasteiger charge is -2.09. The number of rotatable bonds is 7. The molecule has 7 nitrogen and oxygen atoms in total. The lowest BCUT2D eigenvalue weighted by Crippen LogP contribution is -2.02. The van der Waals surface area contributed by atoms with Gasteiger partial charge >= 0.3 is 0 Å². The van der Waals surface area contributed by atoms with E-state index in [1.54, 1.807) is 6.21 Å². The Hall–Kier alpha value is -3.52. The van der Waals surface area contributed by atoms with Crippen molar-refractivity contribution in [3.05, 3.63) is 94.5 Å². The minimum absolute atomic E-state index is 0.417. The van der Waals surface area contributed by atoms with Crippen molar-refractivity contribution in [2.75, 3.05) is 5.32 Å². The van der Waals surface area contributed by atoms with Gasteiger partial charge in [0, 0.05) is 15.7 Å². The van der Waals surface area contributed by atoms with E-state index in [0.29, 0.717) is 12.6 Å². The average Bonchev–Trinajstić information content (AvgIpc) is 3.20. The summed E-state index contributed by atoms with van der Waals surface area (Å²) in [7, 11) is 0. The van der Waals surface area contributed by atoms with E-state index in [1.807, 2.05) is 78.9 Å². The van der Waals surface area contributed by atoms with Gasteiger partial charge in [-0.3, -0.25) is 0 Å². The lowest BCUT2D eigenvalue weighted by atomic mass is 10.2. The molecule has 0 saturated heterocycles. The van der Waals surface area contributed by atoms with Gasteiger partial charge in [0.2, 0.25) is 0 Å². The van der Waals surface area contributed by atoms with Crippen molar-refractivity contribution in [3.8, 4) is 5.75 Å². The number of anilines is 2. The zero-order chi connectivity index (χ0) is 19.9. The molecule has 0 amide bonds. The van der Waals surface area contributed by atoms with Crippen LogP contribution in [0.25, 0.3) is 0 Å². The molecule has 0 radical (unpaired) electrons. The van der Waals surface area contributed by atoms with Gasteiger partial charge in [-0.2, -0.15) is 5.10 Å². The highest BCUT2D eigenvalue weighted by Crippen LogP contribution is 2.19. The molecule has 0 fully saturated rings. The summed E-state index contributed by atoms with van der Waals surface area (Å²) >= 11 is 3.44. The Kier molecular flexibility index (Phi) is 5.92. The predicted molar refractivity (Wildman–Crippen MR) is 115 cm³/mol. The van der Waals surface area contributed by atoms with Gasteiger partial charge in [-0.15, -0.1) is 0 Å². The van der Waals surface area contributed by atoms with Crippen molar-refractivity contribution in [2.45, 2.75) is 6.61 Å². The fourth-order valence-electron chi connectivity index (χ4n) is 2.56. The standard InChI is InChI=1S/C21H17BrN6O/c22-18-12-10-16(11-13-18)15-29-20-9-5-4-6-17(20)14-23-28-21(25-26-27-28)24-19-7-2-1-3-8-19/h1-14H,15H2,(H,24,25,27). The maximum absolute atomic E-state index is 5.98. The number of tetrazole rings is 1. The van der Waals surface area contributed by atoms with Gasteiger partial charge in [-0.05, 0) is 52.4 Å². The van der Waals surface area contributed by atoms with Crippen LogP contribution >= 0.6 is 15.9 Å². The van der Waals surface area contributed by atoms with Crippen LogP contribution in [0.15, 0.2) is 88.4 Å². The van der Waals surface area contributed by atoms with Gasteiger partial charge in [-0.25, -0.2) is 0 Å². The molecule has 0 unspecified atom stereocenters. The topological polar surface area (TPSA) is 77.2 Å². The summed E-state index contributed by atoms with van der Waals surface area (Å²) in [5.74, 6) is 1.14. The fourth-order valence-corrected chi connectivity index (χ4v) is 2.83. The molecule has 0 saturated carbocycles. The monoisotopic (exact) mass is 448 g/mol. The predicted octanol–water partition coefficient (Wildman–Crippen LogP) is 4.64. The summed E-state index contributed by atoms with van der Waals surface area (Å²) in [4.78, 5) is 1.33. The molecule has 3 aromatic carbocycles. The van der Waals surface area contributed by atoms with E-state index in [0.717, 1.165) is 27.0 Å². The van der Waals surface area contributed by atoms with Crippen LogP contribution in [0.3, 0.4) is 0 Å². The van der Waals surface area contributed by atoms with Crippen LogP contribution in [0.2, 0.25) is 0 Å². The molecule has 4 rings (SSSR count). The Morgan fingerprint density at radius 1 is 0.966 bits per heavy atom. The van der Waals surface area contributed by atoms with Crippen LogP contribution in [0.5, 0.6) is 5.75 Å². The van der Waals surface area contributed by atoms with E-state index in [1.165, 1.54) is 4.79 Å². The van der Waals surface area contributed by atoms with Crippen LogP contribution in [0.4, 0.5) is 11.6 Å². The SMILES string of the molecule is Brc1ccc(COc2ccccc2C=Nn2nnnc2Nc2ccccc2)cc1. The molecule has 0 aliphatic carbocycles. The third-order valence-corrected chi connectivity index (χ3v) is 4.55. The highest BCUT2D eigenvalue weighted by atomic mass is 79.9. The van der Waals surface area contributed by atoms with E-state index in [4.69, 9.17) is 4.74 Å². The average molecular weight is 449 g/mol. The number of nitrogens with zero attached hydrogens (tertiary/aromatic N) is 5. The Morgan fingerprint density at radius 2 is 1.72 bits per heavy atom. The van der Waals surface area contributed by atoms with Crippen molar-refractivity contribution >= 4 is 33.8 Å². The van der Waals surface area contributed by atoms with Crippen molar-refractivity contribution < 1.29 is 4.74 Å². The van der Waals surface area contributed by atoms with Crippen LogP contribution in [0, 0.1) is 0 Å². The molecular formula is C21H17BrN6O. The quantitative estimate of drug-likeness (QED) is 0.416. The van der Waals surface area contributed by atoms with Gasteiger partial charge in [-0.1, -0.05) is 68.3 Å². The number of para-hydroxylation sites is 2. The first-order chi connectivity index (χ1) is 14.3. The Labute approximate surface area is 176 Å². The summed E-state index contributed by atoms with van der Waals surface area (Å²) in [5.41, 5.74) is 2.78. The number of benzene rings is 3. The number of hydrogen-bond donors (Lipinski definition) is 1. The highest BCUT2D eigenvalue weighted by molar-refractivity contribution is 9.10. The van der Waals surface area contributed by atoms with E-state index in [2.05, 4.69) is 41.9 Å². The molecule has 4 aromatic rings. The summed E-state index contributed by atoms with van der Waals surface area (Å²) in [6.07, 6.45) is 1.67. The zero-order valence-electron chi connectivity index (χ0n) is 15.3. The van der Waals surface area contributed by atoms with Gasteiger partial charge in [0.25, 0.3) is 5.95 Å². The first-order valence-electron chi connectivity index (χ1n) is 8.89. The molecule has 29 heavy (non-hydrogen) atoms. The summed E-state index contributed by atoms with van der Waals surface area (Å²) in [5, 5.41) is 19.1. The van der Waals surface area contributed by atoms with Crippen molar-refractivity contribution in [3.63, 3.8) is 0 Å². The summed E-state index contributed by atoms with van der Waals surface area (Å²) in [6, 6.07) is 25.3. The molecule has 0 spiro atoms. The minimum atomic E-state index is 0.417. The first kappa shape index (κ1) is 18.8.